The fourth-order valence-corrected chi connectivity index (χ4v) is 4.71. The van der Waals surface area contributed by atoms with E-state index in [4.69, 9.17) is 4.74 Å². The predicted octanol–water partition coefficient (Wildman–Crippen LogP) is 3.65. The maximum Gasteiger partial charge on any atom is 0.324 e. The molecule has 3 aromatic rings. The second-order valence-electron chi connectivity index (χ2n) is 7.93. The molecule has 8 heteroatoms. The van der Waals surface area contributed by atoms with Crippen LogP contribution < -0.4 is 4.72 Å². The highest BCUT2D eigenvalue weighted by Crippen LogP contribution is 2.19. The maximum atomic E-state index is 12.9. The number of nitrogens with zero attached hydrogens (tertiary/aromatic N) is 2. The quantitative estimate of drug-likeness (QED) is 0.510. The third-order valence-electron chi connectivity index (χ3n) is 5.00. The lowest BCUT2D eigenvalue weighted by atomic mass is 10.1. The molecule has 7 nitrogen and oxygen atoms in total. The summed E-state index contributed by atoms with van der Waals surface area (Å²) in [6, 6.07) is 13.7. The monoisotopic (exact) mass is 443 g/mol. The molecule has 0 spiro atoms. The number of carbonyl (C=O) groups excluding carboxylic acids is 1. The minimum Gasteiger partial charge on any atom is -0.465 e. The standard InChI is InChI=1S/C23H29N3O4S/c1-5-30-23(27)21(14-16(2)3)25-31(28,29)19-12-10-18(11-13-19)15-26-17(4)24-20-8-6-7-9-22(20)26/h6-13,16,21,25H,5,14-15H2,1-4H3. The smallest absolute Gasteiger partial charge is 0.324 e. The van der Waals surface area contributed by atoms with Crippen molar-refractivity contribution in [2.75, 3.05) is 6.61 Å². The first-order chi connectivity index (χ1) is 14.7. The Bertz CT molecular complexity index is 1150. The minimum atomic E-state index is -3.86. The Labute approximate surface area is 183 Å². The second kappa shape index (κ2) is 9.62. The molecule has 2 aromatic carbocycles. The van der Waals surface area contributed by atoms with Crippen LogP contribution in [-0.2, 0) is 26.1 Å². The highest BCUT2D eigenvalue weighted by Gasteiger charge is 2.27. The lowest BCUT2D eigenvalue weighted by Gasteiger charge is -2.19. The number of para-hydroxylation sites is 2. The third kappa shape index (κ3) is 5.51. The van der Waals surface area contributed by atoms with Crippen molar-refractivity contribution in [2.24, 2.45) is 5.92 Å². The number of ether oxygens (including phenoxy) is 1. The number of esters is 1. The van der Waals surface area contributed by atoms with Crippen molar-refractivity contribution in [1.82, 2.24) is 14.3 Å². The Balaban J connectivity index is 1.79. The van der Waals surface area contributed by atoms with E-state index in [1.54, 1.807) is 31.2 Å². The number of hydrogen-bond acceptors (Lipinski definition) is 5. The maximum absolute atomic E-state index is 12.9. The molecule has 0 bridgehead atoms. The average Bonchev–Trinajstić information content (AvgIpc) is 3.03. The second-order valence-corrected chi connectivity index (χ2v) is 9.65. The Morgan fingerprint density at radius 2 is 1.81 bits per heavy atom. The zero-order valence-corrected chi connectivity index (χ0v) is 19.1. The molecule has 1 unspecified atom stereocenters. The van der Waals surface area contributed by atoms with E-state index in [-0.39, 0.29) is 17.4 Å². The SMILES string of the molecule is CCOC(=O)C(CC(C)C)NS(=O)(=O)c1ccc(Cn2c(C)nc3ccccc32)cc1. The van der Waals surface area contributed by atoms with Crippen molar-refractivity contribution in [1.29, 1.82) is 0 Å². The minimum absolute atomic E-state index is 0.113. The zero-order valence-electron chi connectivity index (χ0n) is 18.3. The van der Waals surface area contributed by atoms with E-state index in [0.29, 0.717) is 13.0 Å². The van der Waals surface area contributed by atoms with Crippen LogP contribution >= 0.6 is 0 Å². The lowest BCUT2D eigenvalue weighted by Crippen LogP contribution is -2.42. The summed E-state index contributed by atoms with van der Waals surface area (Å²) in [4.78, 5) is 16.9. The molecule has 1 aromatic heterocycles. The van der Waals surface area contributed by atoms with Gasteiger partial charge in [-0.25, -0.2) is 13.4 Å². The molecule has 3 rings (SSSR count). The molecule has 1 N–H and O–H groups in total. The van der Waals surface area contributed by atoms with E-state index in [1.807, 2.05) is 45.0 Å². The number of carbonyl (C=O) groups is 1. The number of fused-ring (bicyclic) bond motifs is 1. The number of hydrogen-bond donors (Lipinski definition) is 1. The Morgan fingerprint density at radius 3 is 2.45 bits per heavy atom. The van der Waals surface area contributed by atoms with E-state index in [2.05, 4.69) is 14.3 Å². The van der Waals surface area contributed by atoms with Gasteiger partial charge in [0, 0.05) is 6.54 Å². The molecule has 31 heavy (non-hydrogen) atoms. The first kappa shape index (κ1) is 23.0. The molecule has 0 aliphatic rings. The van der Waals surface area contributed by atoms with Gasteiger partial charge in [0.1, 0.15) is 11.9 Å². The number of sulfonamides is 1. The van der Waals surface area contributed by atoms with Crippen molar-refractivity contribution < 1.29 is 17.9 Å². The van der Waals surface area contributed by atoms with Gasteiger partial charge in [-0.15, -0.1) is 0 Å². The number of aromatic nitrogens is 2. The topological polar surface area (TPSA) is 90.3 Å². The van der Waals surface area contributed by atoms with Crippen molar-refractivity contribution in [3.05, 3.63) is 59.9 Å². The number of rotatable bonds is 9. The highest BCUT2D eigenvalue weighted by molar-refractivity contribution is 7.89. The summed E-state index contributed by atoms with van der Waals surface area (Å²) in [6.45, 7) is 8.29. The van der Waals surface area contributed by atoms with Crippen molar-refractivity contribution >= 4 is 27.0 Å². The fraction of sp³-hybridized carbons (Fsp3) is 0.391. The number of aryl methyl sites for hydroxylation is 1. The van der Waals surface area contributed by atoms with Gasteiger partial charge in [0.05, 0.1) is 22.5 Å². The molecule has 0 amide bonds. The van der Waals surface area contributed by atoms with Gasteiger partial charge in [0.2, 0.25) is 10.0 Å². The average molecular weight is 444 g/mol. The molecule has 166 valence electrons. The summed E-state index contributed by atoms with van der Waals surface area (Å²) < 4.78 is 35.3. The summed E-state index contributed by atoms with van der Waals surface area (Å²) >= 11 is 0. The first-order valence-corrected chi connectivity index (χ1v) is 11.9. The Morgan fingerprint density at radius 1 is 1.13 bits per heavy atom. The van der Waals surface area contributed by atoms with Crippen LogP contribution in [0.5, 0.6) is 0 Å². The van der Waals surface area contributed by atoms with Crippen LogP contribution in [0.25, 0.3) is 11.0 Å². The van der Waals surface area contributed by atoms with Crippen molar-refractivity contribution in [2.45, 2.75) is 51.6 Å². The van der Waals surface area contributed by atoms with Gasteiger partial charge < -0.3 is 9.30 Å². The van der Waals surface area contributed by atoms with E-state index < -0.39 is 22.0 Å². The number of imidazole rings is 1. The van der Waals surface area contributed by atoms with Gasteiger partial charge >= 0.3 is 5.97 Å². The van der Waals surface area contributed by atoms with Gasteiger partial charge in [0.15, 0.2) is 0 Å². The Hall–Kier alpha value is -2.71. The predicted molar refractivity (Wildman–Crippen MR) is 120 cm³/mol. The molecular formula is C23H29N3O4S. The van der Waals surface area contributed by atoms with Crippen LogP contribution in [0.2, 0.25) is 0 Å². The summed E-state index contributed by atoms with van der Waals surface area (Å²) in [5.41, 5.74) is 2.91. The fourth-order valence-electron chi connectivity index (χ4n) is 3.51. The third-order valence-corrected chi connectivity index (χ3v) is 6.48. The van der Waals surface area contributed by atoms with Gasteiger partial charge in [-0.1, -0.05) is 38.1 Å². The molecule has 0 saturated heterocycles. The summed E-state index contributed by atoms with van der Waals surface area (Å²) in [5, 5.41) is 0. The van der Waals surface area contributed by atoms with Crippen LogP contribution in [0.15, 0.2) is 53.4 Å². The molecule has 1 heterocycles. The van der Waals surface area contributed by atoms with E-state index in [9.17, 15) is 13.2 Å². The van der Waals surface area contributed by atoms with E-state index in [0.717, 1.165) is 22.4 Å². The van der Waals surface area contributed by atoms with Gasteiger partial charge in [-0.05, 0) is 56.0 Å². The molecular weight excluding hydrogens is 414 g/mol. The van der Waals surface area contributed by atoms with Crippen LogP contribution in [0.3, 0.4) is 0 Å². The summed E-state index contributed by atoms with van der Waals surface area (Å²) in [6.07, 6.45) is 0.364. The normalized spacial score (nSPS) is 12.9. The molecule has 0 saturated carbocycles. The van der Waals surface area contributed by atoms with E-state index in [1.165, 1.54) is 0 Å². The van der Waals surface area contributed by atoms with Crippen molar-refractivity contribution in [3.8, 4) is 0 Å². The number of nitrogens with one attached hydrogen (secondary N) is 1. The van der Waals surface area contributed by atoms with Crippen LogP contribution in [0, 0.1) is 12.8 Å². The van der Waals surface area contributed by atoms with Crippen molar-refractivity contribution in [3.63, 3.8) is 0 Å². The zero-order chi connectivity index (χ0) is 22.6. The summed E-state index contributed by atoms with van der Waals surface area (Å²) in [5.74, 6) is 0.470. The van der Waals surface area contributed by atoms with Crippen LogP contribution in [0.4, 0.5) is 0 Å². The lowest BCUT2D eigenvalue weighted by molar-refractivity contribution is -0.145. The molecule has 0 fully saturated rings. The van der Waals surface area contributed by atoms with Crippen LogP contribution in [-0.4, -0.2) is 36.6 Å². The van der Waals surface area contributed by atoms with Crippen LogP contribution in [0.1, 0.15) is 38.6 Å². The molecule has 1 atom stereocenters. The first-order valence-electron chi connectivity index (χ1n) is 10.4. The molecule has 0 aliphatic carbocycles. The Kier molecular flexibility index (Phi) is 7.12. The largest absolute Gasteiger partial charge is 0.465 e. The van der Waals surface area contributed by atoms with E-state index >= 15 is 0 Å². The van der Waals surface area contributed by atoms with Gasteiger partial charge in [0.25, 0.3) is 0 Å². The summed E-state index contributed by atoms with van der Waals surface area (Å²) in [7, 11) is -3.86. The van der Waals surface area contributed by atoms with Gasteiger partial charge in [-0.3, -0.25) is 4.79 Å². The molecule has 0 radical (unpaired) electrons. The van der Waals surface area contributed by atoms with Gasteiger partial charge in [-0.2, -0.15) is 4.72 Å². The highest BCUT2D eigenvalue weighted by atomic mass is 32.2. The molecule has 0 aliphatic heterocycles. The number of benzene rings is 2.